The van der Waals surface area contributed by atoms with E-state index >= 15 is 0 Å². The van der Waals surface area contributed by atoms with Gasteiger partial charge in [0.15, 0.2) is 0 Å². The van der Waals surface area contributed by atoms with Crippen molar-refractivity contribution in [3.05, 3.63) is 18.0 Å². The second-order valence-corrected chi connectivity index (χ2v) is 3.78. The van der Waals surface area contributed by atoms with Crippen LogP contribution >= 0.6 is 0 Å². The standard InChI is InChI=1S/C10H18N2O2/c1-8(2)14-7-10(13)6-12-5-9(3)4-11-12/h4-5,8,10,13H,6-7H2,1-3H3. The summed E-state index contributed by atoms with van der Waals surface area (Å²) in [4.78, 5) is 0. The van der Waals surface area contributed by atoms with Crippen molar-refractivity contribution in [3.8, 4) is 0 Å². The molecule has 1 atom stereocenters. The van der Waals surface area contributed by atoms with Crippen LogP contribution in [0.25, 0.3) is 0 Å². The van der Waals surface area contributed by atoms with E-state index in [1.54, 1.807) is 10.9 Å². The molecular formula is C10H18N2O2. The Labute approximate surface area is 84.5 Å². The lowest BCUT2D eigenvalue weighted by Crippen LogP contribution is -2.24. The zero-order valence-electron chi connectivity index (χ0n) is 8.97. The van der Waals surface area contributed by atoms with Crippen LogP contribution in [0.4, 0.5) is 0 Å². The Bertz CT molecular complexity index is 271. The van der Waals surface area contributed by atoms with Gasteiger partial charge in [0.25, 0.3) is 0 Å². The van der Waals surface area contributed by atoms with E-state index in [4.69, 9.17) is 4.74 Å². The van der Waals surface area contributed by atoms with Gasteiger partial charge in [-0.15, -0.1) is 0 Å². The molecule has 1 rings (SSSR count). The molecule has 1 unspecified atom stereocenters. The van der Waals surface area contributed by atoms with Gasteiger partial charge in [0, 0.05) is 6.20 Å². The molecular weight excluding hydrogens is 180 g/mol. The number of aliphatic hydroxyl groups excluding tert-OH is 1. The molecule has 0 amide bonds. The van der Waals surface area contributed by atoms with E-state index in [1.165, 1.54) is 0 Å². The van der Waals surface area contributed by atoms with Crippen LogP contribution in [0, 0.1) is 6.92 Å². The summed E-state index contributed by atoms with van der Waals surface area (Å²) in [6.45, 7) is 6.72. The van der Waals surface area contributed by atoms with Gasteiger partial charge in [-0.25, -0.2) is 0 Å². The fraction of sp³-hybridized carbons (Fsp3) is 0.700. The molecule has 0 aliphatic rings. The molecule has 0 saturated heterocycles. The Balaban J connectivity index is 2.30. The van der Waals surface area contributed by atoms with Crippen molar-refractivity contribution >= 4 is 0 Å². The minimum absolute atomic E-state index is 0.156. The average Bonchev–Trinajstić information content (AvgIpc) is 2.48. The molecule has 80 valence electrons. The Morgan fingerprint density at radius 2 is 2.29 bits per heavy atom. The molecule has 1 heterocycles. The summed E-state index contributed by atoms with van der Waals surface area (Å²) in [6, 6.07) is 0. The normalized spacial score (nSPS) is 13.5. The number of ether oxygens (including phenoxy) is 1. The summed E-state index contributed by atoms with van der Waals surface area (Å²) in [5, 5.41) is 13.7. The highest BCUT2D eigenvalue weighted by Crippen LogP contribution is 1.98. The number of nitrogens with zero attached hydrogens (tertiary/aromatic N) is 2. The molecule has 4 heteroatoms. The first-order chi connectivity index (χ1) is 6.58. The SMILES string of the molecule is Cc1cnn(CC(O)COC(C)C)c1. The molecule has 0 aliphatic heterocycles. The minimum atomic E-state index is -0.489. The van der Waals surface area contributed by atoms with Crippen LogP contribution in [0.2, 0.25) is 0 Å². The quantitative estimate of drug-likeness (QED) is 0.767. The first kappa shape index (κ1) is 11.2. The highest BCUT2D eigenvalue weighted by Gasteiger charge is 2.06. The Hall–Kier alpha value is -0.870. The first-order valence-electron chi connectivity index (χ1n) is 4.86. The number of aliphatic hydroxyl groups is 1. The summed E-state index contributed by atoms with van der Waals surface area (Å²) in [5.41, 5.74) is 1.10. The van der Waals surface area contributed by atoms with Crippen LogP contribution in [0.3, 0.4) is 0 Å². The molecule has 1 N–H and O–H groups in total. The van der Waals surface area contributed by atoms with Gasteiger partial charge in [0.1, 0.15) is 0 Å². The van der Waals surface area contributed by atoms with Crippen LogP contribution in [0.5, 0.6) is 0 Å². The summed E-state index contributed by atoms with van der Waals surface area (Å²) in [5.74, 6) is 0. The molecule has 0 aromatic carbocycles. The average molecular weight is 198 g/mol. The predicted molar refractivity (Wildman–Crippen MR) is 54.1 cm³/mol. The molecule has 0 spiro atoms. The van der Waals surface area contributed by atoms with Crippen LogP contribution in [0.15, 0.2) is 12.4 Å². The topological polar surface area (TPSA) is 47.3 Å². The zero-order chi connectivity index (χ0) is 10.6. The summed E-state index contributed by atoms with van der Waals surface area (Å²) >= 11 is 0. The minimum Gasteiger partial charge on any atom is -0.389 e. The summed E-state index contributed by atoms with van der Waals surface area (Å²) < 4.78 is 7.02. The molecule has 0 bridgehead atoms. The highest BCUT2D eigenvalue weighted by atomic mass is 16.5. The number of aromatic nitrogens is 2. The monoisotopic (exact) mass is 198 g/mol. The first-order valence-corrected chi connectivity index (χ1v) is 4.86. The number of hydrogen-bond acceptors (Lipinski definition) is 3. The highest BCUT2D eigenvalue weighted by molar-refractivity contribution is 4.99. The second-order valence-electron chi connectivity index (χ2n) is 3.78. The van der Waals surface area contributed by atoms with Gasteiger partial charge in [-0.2, -0.15) is 5.10 Å². The second kappa shape index (κ2) is 5.12. The lowest BCUT2D eigenvalue weighted by Gasteiger charge is -2.13. The van der Waals surface area contributed by atoms with Crippen molar-refractivity contribution in [2.24, 2.45) is 0 Å². The van der Waals surface area contributed by atoms with Crippen LogP contribution < -0.4 is 0 Å². The Morgan fingerprint density at radius 3 is 2.79 bits per heavy atom. The van der Waals surface area contributed by atoms with Gasteiger partial charge >= 0.3 is 0 Å². The maximum absolute atomic E-state index is 9.57. The van der Waals surface area contributed by atoms with Gasteiger partial charge in [0.2, 0.25) is 0 Å². The summed E-state index contributed by atoms with van der Waals surface area (Å²) in [6.07, 6.45) is 3.34. The third kappa shape index (κ3) is 3.89. The fourth-order valence-electron chi connectivity index (χ4n) is 1.14. The van der Waals surface area contributed by atoms with E-state index in [0.717, 1.165) is 5.56 Å². The maximum Gasteiger partial charge on any atom is 0.0969 e. The smallest absolute Gasteiger partial charge is 0.0969 e. The fourth-order valence-corrected chi connectivity index (χ4v) is 1.14. The molecule has 14 heavy (non-hydrogen) atoms. The van der Waals surface area contributed by atoms with Crippen molar-refractivity contribution in [3.63, 3.8) is 0 Å². The van der Waals surface area contributed by atoms with E-state index in [9.17, 15) is 5.11 Å². The van der Waals surface area contributed by atoms with E-state index in [-0.39, 0.29) is 6.10 Å². The van der Waals surface area contributed by atoms with E-state index in [1.807, 2.05) is 27.0 Å². The molecule has 1 aromatic rings. The van der Waals surface area contributed by atoms with E-state index in [2.05, 4.69) is 5.10 Å². The number of rotatable bonds is 5. The van der Waals surface area contributed by atoms with Gasteiger partial charge in [-0.05, 0) is 26.3 Å². The largest absolute Gasteiger partial charge is 0.389 e. The molecule has 4 nitrogen and oxygen atoms in total. The summed E-state index contributed by atoms with van der Waals surface area (Å²) in [7, 11) is 0. The van der Waals surface area contributed by atoms with Crippen molar-refractivity contribution in [2.45, 2.75) is 39.5 Å². The van der Waals surface area contributed by atoms with Gasteiger partial charge < -0.3 is 9.84 Å². The third-order valence-corrected chi connectivity index (χ3v) is 1.78. The molecule has 1 aromatic heterocycles. The van der Waals surface area contributed by atoms with Crippen LogP contribution in [-0.4, -0.2) is 33.7 Å². The molecule has 0 saturated carbocycles. The molecule has 0 radical (unpaired) electrons. The third-order valence-electron chi connectivity index (χ3n) is 1.78. The van der Waals surface area contributed by atoms with E-state index < -0.39 is 6.10 Å². The number of hydrogen-bond donors (Lipinski definition) is 1. The Kier molecular flexibility index (Phi) is 4.10. The van der Waals surface area contributed by atoms with E-state index in [0.29, 0.717) is 13.2 Å². The van der Waals surface area contributed by atoms with Crippen molar-refractivity contribution < 1.29 is 9.84 Å². The van der Waals surface area contributed by atoms with Crippen molar-refractivity contribution in [1.82, 2.24) is 9.78 Å². The maximum atomic E-state index is 9.57. The lowest BCUT2D eigenvalue weighted by atomic mass is 10.3. The zero-order valence-corrected chi connectivity index (χ0v) is 8.97. The van der Waals surface area contributed by atoms with Crippen molar-refractivity contribution in [2.75, 3.05) is 6.61 Å². The molecule has 0 fully saturated rings. The number of aryl methyl sites for hydroxylation is 1. The van der Waals surface area contributed by atoms with Gasteiger partial charge in [0.05, 0.1) is 31.6 Å². The lowest BCUT2D eigenvalue weighted by molar-refractivity contribution is -0.00202. The Morgan fingerprint density at radius 1 is 1.57 bits per heavy atom. The molecule has 0 aliphatic carbocycles. The van der Waals surface area contributed by atoms with Gasteiger partial charge in [-0.3, -0.25) is 4.68 Å². The van der Waals surface area contributed by atoms with Crippen molar-refractivity contribution in [1.29, 1.82) is 0 Å². The van der Waals surface area contributed by atoms with Crippen LogP contribution in [-0.2, 0) is 11.3 Å². The van der Waals surface area contributed by atoms with Gasteiger partial charge in [-0.1, -0.05) is 0 Å². The van der Waals surface area contributed by atoms with Crippen LogP contribution in [0.1, 0.15) is 19.4 Å². The predicted octanol–water partition coefficient (Wildman–Crippen LogP) is 0.977.